The highest BCUT2D eigenvalue weighted by Crippen LogP contribution is 2.26. The highest BCUT2D eigenvalue weighted by atomic mass is 35.5. The molecule has 0 aliphatic carbocycles. The third kappa shape index (κ3) is 1.78. The lowest BCUT2D eigenvalue weighted by molar-refractivity contribution is 0.415. The Labute approximate surface area is 92.6 Å². The maximum atomic E-state index is 6.14. The molecule has 2 N–H and O–H groups in total. The maximum Gasteiger partial charge on any atom is 0.134 e. The summed E-state index contributed by atoms with van der Waals surface area (Å²) in [6.45, 7) is 1.14. The summed E-state index contributed by atoms with van der Waals surface area (Å²) in [5.74, 6) is 0.775. The molecule has 4 nitrogen and oxygen atoms in total. The molecule has 0 spiro atoms. The second kappa shape index (κ2) is 4.08. The summed E-state index contributed by atoms with van der Waals surface area (Å²) in [6.07, 6.45) is 0. The van der Waals surface area contributed by atoms with Crippen molar-refractivity contribution in [2.45, 2.75) is 6.54 Å². The van der Waals surface area contributed by atoms with Crippen LogP contribution in [0.15, 0.2) is 18.2 Å². The van der Waals surface area contributed by atoms with Gasteiger partial charge in [0.15, 0.2) is 0 Å². The Morgan fingerprint density at radius 2 is 2.33 bits per heavy atom. The molecule has 0 fully saturated rings. The fraction of sp³-hybridized carbons (Fsp3) is 0.300. The zero-order valence-corrected chi connectivity index (χ0v) is 9.16. The van der Waals surface area contributed by atoms with Crippen LogP contribution in [0.5, 0.6) is 5.75 Å². The zero-order valence-electron chi connectivity index (χ0n) is 8.40. The van der Waals surface area contributed by atoms with E-state index in [9.17, 15) is 0 Å². The number of halogens is 1. The Balaban J connectivity index is 2.55. The van der Waals surface area contributed by atoms with Crippen molar-refractivity contribution in [1.82, 2.24) is 9.78 Å². The fourth-order valence-corrected chi connectivity index (χ4v) is 1.76. The monoisotopic (exact) mass is 225 g/mol. The Morgan fingerprint density at radius 3 is 3.00 bits per heavy atom. The van der Waals surface area contributed by atoms with Crippen molar-refractivity contribution in [2.75, 3.05) is 13.7 Å². The number of ether oxygens (including phenoxy) is 1. The minimum atomic E-state index is 0.519. The van der Waals surface area contributed by atoms with Gasteiger partial charge in [-0.3, -0.25) is 4.68 Å². The number of methoxy groups -OCH3 is 1. The SMILES string of the molecule is COc1ccc2c(Cl)n(CCN)nc2c1. The van der Waals surface area contributed by atoms with Crippen LogP contribution in [0, 0.1) is 0 Å². The minimum absolute atomic E-state index is 0.519. The third-order valence-electron chi connectivity index (χ3n) is 2.22. The van der Waals surface area contributed by atoms with Crippen LogP contribution in [0.3, 0.4) is 0 Å². The molecule has 1 aromatic carbocycles. The number of hydrogen-bond acceptors (Lipinski definition) is 3. The Bertz CT molecular complexity index is 481. The molecular formula is C10H12ClN3O. The second-order valence-electron chi connectivity index (χ2n) is 3.19. The van der Waals surface area contributed by atoms with Crippen LogP contribution in [0.25, 0.3) is 10.9 Å². The summed E-state index contributed by atoms with van der Waals surface area (Å²) in [7, 11) is 1.62. The van der Waals surface area contributed by atoms with Crippen LogP contribution in [-0.2, 0) is 6.54 Å². The van der Waals surface area contributed by atoms with E-state index in [1.54, 1.807) is 11.8 Å². The molecular weight excluding hydrogens is 214 g/mol. The van der Waals surface area contributed by atoms with E-state index in [1.165, 1.54) is 0 Å². The van der Waals surface area contributed by atoms with Crippen LogP contribution in [0.1, 0.15) is 0 Å². The van der Waals surface area contributed by atoms with E-state index in [0.29, 0.717) is 18.2 Å². The number of nitrogens with two attached hydrogens (primary N) is 1. The van der Waals surface area contributed by atoms with Gasteiger partial charge >= 0.3 is 0 Å². The summed E-state index contributed by atoms with van der Waals surface area (Å²) < 4.78 is 6.81. The predicted octanol–water partition coefficient (Wildman–Crippen LogP) is 1.66. The molecule has 0 atom stereocenters. The van der Waals surface area contributed by atoms with Crippen LogP contribution >= 0.6 is 11.6 Å². The Morgan fingerprint density at radius 1 is 1.53 bits per heavy atom. The maximum absolute atomic E-state index is 6.14. The molecule has 80 valence electrons. The topological polar surface area (TPSA) is 53.1 Å². The zero-order chi connectivity index (χ0) is 10.8. The van der Waals surface area contributed by atoms with Gasteiger partial charge in [0.2, 0.25) is 0 Å². The second-order valence-corrected chi connectivity index (χ2v) is 3.54. The van der Waals surface area contributed by atoms with Crippen LogP contribution in [0.4, 0.5) is 0 Å². The number of hydrogen-bond donors (Lipinski definition) is 1. The number of rotatable bonds is 3. The average molecular weight is 226 g/mol. The van der Waals surface area contributed by atoms with Crippen LogP contribution < -0.4 is 10.5 Å². The number of fused-ring (bicyclic) bond motifs is 1. The van der Waals surface area contributed by atoms with Crippen molar-refractivity contribution >= 4 is 22.5 Å². The lowest BCUT2D eigenvalue weighted by Gasteiger charge is -1.97. The molecule has 2 rings (SSSR count). The smallest absolute Gasteiger partial charge is 0.134 e. The van der Waals surface area contributed by atoms with E-state index in [4.69, 9.17) is 22.1 Å². The third-order valence-corrected chi connectivity index (χ3v) is 2.62. The molecule has 0 saturated carbocycles. The van der Waals surface area contributed by atoms with Gasteiger partial charge < -0.3 is 10.5 Å². The highest BCUT2D eigenvalue weighted by molar-refractivity contribution is 6.34. The van der Waals surface area contributed by atoms with E-state index in [1.807, 2.05) is 18.2 Å². The largest absolute Gasteiger partial charge is 0.497 e. The van der Waals surface area contributed by atoms with Gasteiger partial charge in [0.1, 0.15) is 10.9 Å². The molecule has 0 bridgehead atoms. The van der Waals surface area contributed by atoms with Crippen LogP contribution in [-0.4, -0.2) is 23.4 Å². The van der Waals surface area contributed by atoms with Gasteiger partial charge in [-0.2, -0.15) is 5.10 Å². The first-order valence-electron chi connectivity index (χ1n) is 4.66. The highest BCUT2D eigenvalue weighted by Gasteiger charge is 2.08. The van der Waals surface area contributed by atoms with E-state index < -0.39 is 0 Å². The lowest BCUT2D eigenvalue weighted by Crippen LogP contribution is -2.10. The van der Waals surface area contributed by atoms with E-state index in [2.05, 4.69) is 5.10 Å². The van der Waals surface area contributed by atoms with E-state index >= 15 is 0 Å². The van der Waals surface area contributed by atoms with Crippen molar-refractivity contribution in [3.8, 4) is 5.75 Å². The Kier molecular flexibility index (Phi) is 2.79. The van der Waals surface area contributed by atoms with Crippen molar-refractivity contribution in [3.05, 3.63) is 23.4 Å². The van der Waals surface area contributed by atoms with Gasteiger partial charge in [-0.05, 0) is 12.1 Å². The molecule has 5 heteroatoms. The summed E-state index contributed by atoms with van der Waals surface area (Å²) >= 11 is 6.14. The van der Waals surface area contributed by atoms with Crippen LogP contribution in [0.2, 0.25) is 5.15 Å². The van der Waals surface area contributed by atoms with Crippen molar-refractivity contribution in [2.24, 2.45) is 5.73 Å². The number of nitrogens with zero attached hydrogens (tertiary/aromatic N) is 2. The standard InChI is InChI=1S/C10H12ClN3O/c1-15-7-2-3-8-9(6-7)13-14(5-4-12)10(8)11/h2-3,6H,4-5,12H2,1H3. The van der Waals surface area contributed by atoms with Gasteiger partial charge in [0.05, 0.1) is 19.2 Å². The van der Waals surface area contributed by atoms with Gasteiger partial charge in [-0.25, -0.2) is 0 Å². The van der Waals surface area contributed by atoms with Crippen molar-refractivity contribution in [1.29, 1.82) is 0 Å². The summed E-state index contributed by atoms with van der Waals surface area (Å²) in [6, 6.07) is 5.62. The molecule has 15 heavy (non-hydrogen) atoms. The number of benzene rings is 1. The molecule has 0 aliphatic heterocycles. The molecule has 0 amide bonds. The van der Waals surface area contributed by atoms with Gasteiger partial charge in [0.25, 0.3) is 0 Å². The first kappa shape index (κ1) is 10.3. The quantitative estimate of drug-likeness (QED) is 0.865. The first-order chi connectivity index (χ1) is 7.26. The molecule has 0 saturated heterocycles. The normalized spacial score (nSPS) is 10.9. The van der Waals surface area contributed by atoms with E-state index in [0.717, 1.165) is 16.7 Å². The molecule has 0 aliphatic rings. The summed E-state index contributed by atoms with van der Waals surface area (Å²) in [4.78, 5) is 0. The average Bonchev–Trinajstić information content (AvgIpc) is 2.56. The molecule has 2 aromatic rings. The summed E-state index contributed by atoms with van der Waals surface area (Å²) in [5, 5.41) is 5.88. The predicted molar refractivity (Wildman–Crippen MR) is 60.3 cm³/mol. The number of aromatic nitrogens is 2. The first-order valence-corrected chi connectivity index (χ1v) is 5.04. The Hall–Kier alpha value is -1.26. The minimum Gasteiger partial charge on any atom is -0.497 e. The van der Waals surface area contributed by atoms with Crippen molar-refractivity contribution in [3.63, 3.8) is 0 Å². The van der Waals surface area contributed by atoms with Gasteiger partial charge in [0, 0.05) is 18.0 Å². The van der Waals surface area contributed by atoms with E-state index in [-0.39, 0.29) is 0 Å². The molecule has 1 aromatic heterocycles. The van der Waals surface area contributed by atoms with Gasteiger partial charge in [-0.1, -0.05) is 11.6 Å². The lowest BCUT2D eigenvalue weighted by atomic mass is 10.2. The molecule has 0 unspecified atom stereocenters. The van der Waals surface area contributed by atoms with Crippen molar-refractivity contribution < 1.29 is 4.74 Å². The van der Waals surface area contributed by atoms with Gasteiger partial charge in [-0.15, -0.1) is 0 Å². The summed E-state index contributed by atoms with van der Waals surface area (Å²) in [5.41, 5.74) is 6.29. The fourth-order valence-electron chi connectivity index (χ4n) is 1.48. The molecule has 0 radical (unpaired) electrons. The molecule has 1 heterocycles.